The van der Waals surface area contributed by atoms with Gasteiger partial charge in [0.2, 0.25) is 0 Å². The summed E-state index contributed by atoms with van der Waals surface area (Å²) in [4.78, 5) is 4.54. The maximum atomic E-state index is 12.7. The van der Waals surface area contributed by atoms with Crippen LogP contribution < -0.4 is 16.8 Å². The van der Waals surface area contributed by atoms with Crippen LogP contribution in [0.25, 0.3) is 22.3 Å². The van der Waals surface area contributed by atoms with Gasteiger partial charge < -0.3 is 21.4 Å². The van der Waals surface area contributed by atoms with Gasteiger partial charge in [0, 0.05) is 29.9 Å². The minimum absolute atomic E-state index is 0.0881. The normalized spacial score (nSPS) is 16.0. The van der Waals surface area contributed by atoms with Crippen LogP contribution in [0.2, 0.25) is 0 Å². The highest BCUT2D eigenvalue weighted by atomic mass is 19.4. The summed E-state index contributed by atoms with van der Waals surface area (Å²) in [6.07, 6.45) is 0.641. The Morgan fingerprint density at radius 3 is 2.53 bits per heavy atom. The van der Waals surface area contributed by atoms with E-state index < -0.39 is 12.2 Å². The van der Waals surface area contributed by atoms with E-state index >= 15 is 0 Å². The fourth-order valence-electron chi connectivity index (χ4n) is 3.85. The zero-order valence-electron chi connectivity index (χ0n) is 17.1. The Morgan fingerprint density at radius 2 is 1.97 bits per heavy atom. The largest absolute Gasteiger partial charge is 0.403 e. The average molecular weight is 417 g/mol. The molecule has 1 aromatic carbocycles. The number of pyridine rings is 1. The van der Waals surface area contributed by atoms with E-state index in [-0.39, 0.29) is 6.54 Å². The number of alkyl halides is 3. The van der Waals surface area contributed by atoms with Crippen LogP contribution in [0.15, 0.2) is 30.5 Å². The molecular weight excluding hydrogens is 391 g/mol. The first kappa shape index (κ1) is 20.5. The van der Waals surface area contributed by atoms with Crippen LogP contribution >= 0.6 is 0 Å². The SMILES string of the molecule is Cc1cc2c(N)c(-c3ccc(CNC(C)C(F)(F)F)cn3)n(C3CCC3)c2cc1N. The minimum atomic E-state index is -4.27. The number of nitrogens with two attached hydrogens (primary N) is 2. The van der Waals surface area contributed by atoms with Gasteiger partial charge in [-0.2, -0.15) is 13.2 Å². The van der Waals surface area contributed by atoms with E-state index in [1.54, 1.807) is 12.3 Å². The predicted octanol–water partition coefficient (Wildman–Crippen LogP) is 4.94. The Bertz CT molecular complexity index is 1070. The minimum Gasteiger partial charge on any atom is -0.398 e. The van der Waals surface area contributed by atoms with Gasteiger partial charge >= 0.3 is 6.18 Å². The van der Waals surface area contributed by atoms with E-state index in [0.29, 0.717) is 23.0 Å². The topological polar surface area (TPSA) is 81.9 Å². The van der Waals surface area contributed by atoms with Crippen LogP contribution in [0.5, 0.6) is 0 Å². The van der Waals surface area contributed by atoms with Crippen molar-refractivity contribution in [3.63, 3.8) is 0 Å². The molecule has 1 atom stereocenters. The highest BCUT2D eigenvalue weighted by Gasteiger charge is 2.35. The van der Waals surface area contributed by atoms with E-state index in [2.05, 4.69) is 14.9 Å². The Morgan fingerprint density at radius 1 is 1.23 bits per heavy atom. The summed E-state index contributed by atoms with van der Waals surface area (Å²) >= 11 is 0. The molecule has 2 aromatic heterocycles. The Kier molecular flexibility index (Phi) is 5.13. The van der Waals surface area contributed by atoms with Gasteiger partial charge in [-0.15, -0.1) is 0 Å². The fourth-order valence-corrected chi connectivity index (χ4v) is 3.85. The summed E-state index contributed by atoms with van der Waals surface area (Å²) in [5.41, 5.74) is 18.3. The molecule has 0 bridgehead atoms. The van der Waals surface area contributed by atoms with Crippen molar-refractivity contribution in [1.29, 1.82) is 0 Å². The number of rotatable bonds is 5. The molecule has 1 unspecified atom stereocenters. The Balaban J connectivity index is 1.70. The van der Waals surface area contributed by atoms with Gasteiger partial charge in [0.1, 0.15) is 6.04 Å². The van der Waals surface area contributed by atoms with Crippen molar-refractivity contribution in [1.82, 2.24) is 14.9 Å². The molecule has 0 amide bonds. The number of hydrogen-bond donors (Lipinski definition) is 3. The number of nitrogens with zero attached hydrogens (tertiary/aromatic N) is 2. The third-order valence-electron chi connectivity index (χ3n) is 6.04. The van der Waals surface area contributed by atoms with E-state index in [4.69, 9.17) is 11.5 Å². The number of fused-ring (bicyclic) bond motifs is 1. The summed E-state index contributed by atoms with van der Waals surface area (Å²) in [5, 5.41) is 3.44. The van der Waals surface area contributed by atoms with E-state index in [9.17, 15) is 13.2 Å². The molecule has 0 aliphatic heterocycles. The van der Waals surface area contributed by atoms with Crippen LogP contribution in [0.1, 0.15) is 43.4 Å². The van der Waals surface area contributed by atoms with Gasteiger partial charge in [-0.1, -0.05) is 6.07 Å². The first-order valence-electron chi connectivity index (χ1n) is 10.1. The first-order valence-corrected chi connectivity index (χ1v) is 10.1. The van der Waals surface area contributed by atoms with Crippen LogP contribution in [-0.4, -0.2) is 21.8 Å². The summed E-state index contributed by atoms with van der Waals surface area (Å²) in [7, 11) is 0. The molecule has 1 aliphatic rings. The lowest BCUT2D eigenvalue weighted by Gasteiger charge is -2.30. The van der Waals surface area contributed by atoms with Gasteiger partial charge in [0.25, 0.3) is 0 Å². The maximum absolute atomic E-state index is 12.7. The molecular formula is C22H26F3N5. The van der Waals surface area contributed by atoms with Crippen molar-refractivity contribution >= 4 is 22.3 Å². The number of hydrogen-bond acceptors (Lipinski definition) is 4. The molecule has 5 nitrogen and oxygen atoms in total. The first-order chi connectivity index (χ1) is 14.2. The summed E-state index contributed by atoms with van der Waals surface area (Å²) in [6, 6.07) is 6.36. The molecule has 4 rings (SSSR count). The fraction of sp³-hybridized carbons (Fsp3) is 0.409. The lowest BCUT2D eigenvalue weighted by Crippen LogP contribution is -2.39. The molecule has 0 spiro atoms. The van der Waals surface area contributed by atoms with Crippen molar-refractivity contribution < 1.29 is 13.2 Å². The highest BCUT2D eigenvalue weighted by Crippen LogP contribution is 2.44. The van der Waals surface area contributed by atoms with Gasteiger partial charge in [-0.05, 0) is 62.4 Å². The van der Waals surface area contributed by atoms with E-state index in [1.165, 1.54) is 6.42 Å². The molecule has 1 saturated carbocycles. The number of halogens is 3. The van der Waals surface area contributed by atoms with Gasteiger partial charge in [-0.25, -0.2) is 0 Å². The Labute approximate surface area is 173 Å². The molecule has 3 aromatic rings. The molecule has 8 heteroatoms. The second-order valence-corrected chi connectivity index (χ2v) is 8.14. The van der Waals surface area contributed by atoms with Crippen LogP contribution in [0, 0.1) is 6.92 Å². The predicted molar refractivity (Wildman–Crippen MR) is 114 cm³/mol. The molecule has 30 heavy (non-hydrogen) atoms. The van der Waals surface area contributed by atoms with Crippen molar-refractivity contribution in [2.75, 3.05) is 11.5 Å². The quantitative estimate of drug-likeness (QED) is 0.514. The molecule has 0 radical (unpaired) electrons. The number of aryl methyl sites for hydroxylation is 1. The molecule has 2 heterocycles. The number of aromatic nitrogens is 2. The Hall–Kier alpha value is -2.74. The van der Waals surface area contributed by atoms with Crippen LogP contribution in [0.3, 0.4) is 0 Å². The lowest BCUT2D eigenvalue weighted by atomic mass is 9.92. The van der Waals surface area contributed by atoms with Crippen LogP contribution in [-0.2, 0) is 6.54 Å². The van der Waals surface area contributed by atoms with E-state index in [1.807, 2.05) is 25.1 Å². The van der Waals surface area contributed by atoms with Crippen molar-refractivity contribution in [3.8, 4) is 11.4 Å². The molecule has 0 saturated heterocycles. The van der Waals surface area contributed by atoms with Gasteiger partial charge in [-0.3, -0.25) is 4.98 Å². The second-order valence-electron chi connectivity index (χ2n) is 8.14. The summed E-state index contributed by atoms with van der Waals surface area (Å²) < 4.78 is 40.3. The summed E-state index contributed by atoms with van der Waals surface area (Å²) in [6.45, 7) is 3.15. The number of anilines is 2. The third-order valence-corrected chi connectivity index (χ3v) is 6.04. The smallest absolute Gasteiger partial charge is 0.398 e. The molecule has 5 N–H and O–H groups in total. The molecule has 1 aliphatic carbocycles. The molecule has 160 valence electrons. The van der Waals surface area contributed by atoms with Gasteiger partial charge in [0.15, 0.2) is 0 Å². The third kappa shape index (κ3) is 3.60. The zero-order valence-corrected chi connectivity index (χ0v) is 17.1. The highest BCUT2D eigenvalue weighted by molar-refractivity contribution is 6.02. The lowest BCUT2D eigenvalue weighted by molar-refractivity contribution is -0.151. The van der Waals surface area contributed by atoms with E-state index in [0.717, 1.165) is 47.6 Å². The monoisotopic (exact) mass is 417 g/mol. The van der Waals surface area contributed by atoms with Crippen LogP contribution in [0.4, 0.5) is 24.5 Å². The van der Waals surface area contributed by atoms with Crippen molar-refractivity contribution in [2.24, 2.45) is 0 Å². The van der Waals surface area contributed by atoms with Gasteiger partial charge in [0.05, 0.1) is 22.6 Å². The standard InChI is InChI=1S/C22H26F3N5/c1-12-8-16-19(9-17(12)26)30(15-4-3-5-15)21(20(16)27)18-7-6-14(11-29-18)10-28-13(2)22(23,24)25/h6-9,11,13,15,28H,3-5,10,26-27H2,1-2H3. The van der Waals surface area contributed by atoms with Crippen molar-refractivity contribution in [2.45, 2.75) is 57.9 Å². The average Bonchev–Trinajstić information content (AvgIpc) is 2.90. The zero-order chi connectivity index (χ0) is 21.6. The maximum Gasteiger partial charge on any atom is 0.403 e. The number of nitrogens with one attached hydrogen (secondary N) is 1. The summed E-state index contributed by atoms with van der Waals surface area (Å²) in [5.74, 6) is 0. The number of nitrogen functional groups attached to an aromatic ring is 2. The number of benzene rings is 1. The second kappa shape index (κ2) is 7.50. The van der Waals surface area contributed by atoms with Crippen molar-refractivity contribution in [3.05, 3.63) is 41.6 Å². The molecule has 1 fully saturated rings.